The maximum absolute atomic E-state index is 12.8. The van der Waals surface area contributed by atoms with Crippen LogP contribution in [0.5, 0.6) is 0 Å². The Hall–Kier alpha value is -2.65. The van der Waals surface area contributed by atoms with E-state index in [1.54, 1.807) is 13.8 Å². The Bertz CT molecular complexity index is 1220. The van der Waals surface area contributed by atoms with E-state index < -0.39 is 34.1 Å². The molecule has 194 valence electrons. The molecule has 0 saturated heterocycles. The van der Waals surface area contributed by atoms with Crippen LogP contribution >= 0.6 is 10.8 Å². The number of hydrogen-bond donors (Lipinski definition) is 1. The van der Waals surface area contributed by atoms with E-state index in [1.807, 2.05) is 12.3 Å². The van der Waals surface area contributed by atoms with Crippen molar-refractivity contribution < 1.29 is 31.7 Å². The van der Waals surface area contributed by atoms with Crippen LogP contribution in [0.3, 0.4) is 0 Å². The lowest BCUT2D eigenvalue weighted by Crippen LogP contribution is -2.32. The highest BCUT2D eigenvalue weighted by Crippen LogP contribution is 2.39. The van der Waals surface area contributed by atoms with Gasteiger partial charge < -0.3 is 13.7 Å². The van der Waals surface area contributed by atoms with Crippen LogP contribution in [-0.2, 0) is 21.6 Å². The molecular weight excluding hydrogens is 491 g/mol. The molecule has 9 heteroatoms. The Morgan fingerprint density at radius 3 is 2.47 bits per heavy atom. The van der Waals surface area contributed by atoms with Crippen LogP contribution in [0.1, 0.15) is 63.0 Å². The summed E-state index contributed by atoms with van der Waals surface area (Å²) in [5, 5.41) is 13.4. The van der Waals surface area contributed by atoms with Gasteiger partial charge in [-0.1, -0.05) is 6.08 Å². The number of oxazole rings is 1. The number of aryl methyl sites for hydroxylation is 2. The number of carboxylic acid groups (broad SMARTS) is 1. The molecule has 2 unspecified atom stereocenters. The molecule has 36 heavy (non-hydrogen) atoms. The molecule has 1 aromatic carbocycles. The zero-order valence-electron chi connectivity index (χ0n) is 20.5. The van der Waals surface area contributed by atoms with Crippen molar-refractivity contribution in [2.45, 2.75) is 71.1 Å². The number of carboxylic acids is 1. The summed E-state index contributed by atoms with van der Waals surface area (Å²) in [6.45, 7) is 4.98. The third kappa shape index (κ3) is 6.18. The van der Waals surface area contributed by atoms with Crippen molar-refractivity contribution in [3.8, 4) is 11.5 Å². The molecule has 1 N–H and O–H groups in total. The summed E-state index contributed by atoms with van der Waals surface area (Å²) in [6.07, 6.45) is 3.29. The van der Waals surface area contributed by atoms with Gasteiger partial charge in [0.15, 0.2) is 5.60 Å². The lowest BCUT2D eigenvalue weighted by atomic mass is 9.94. The fourth-order valence-corrected chi connectivity index (χ4v) is 5.96. The van der Waals surface area contributed by atoms with Crippen LogP contribution < -0.4 is 0 Å². The Morgan fingerprint density at radius 1 is 1.17 bits per heavy atom. The number of alkyl halides is 3. The Morgan fingerprint density at radius 2 is 1.83 bits per heavy atom. The van der Waals surface area contributed by atoms with Crippen molar-refractivity contribution in [3.05, 3.63) is 63.9 Å². The van der Waals surface area contributed by atoms with Gasteiger partial charge in [-0.25, -0.2) is 9.78 Å². The van der Waals surface area contributed by atoms with Crippen LogP contribution in [0.2, 0.25) is 0 Å². The number of rotatable bonds is 7. The van der Waals surface area contributed by atoms with Gasteiger partial charge in [0, 0.05) is 12.0 Å². The van der Waals surface area contributed by atoms with Crippen molar-refractivity contribution in [1.29, 1.82) is 0 Å². The second-order valence-electron chi connectivity index (χ2n) is 9.78. The fraction of sp³-hybridized carbons (Fsp3) is 0.444. The average molecular weight is 522 g/mol. The Kier molecular flexibility index (Phi) is 7.61. The molecule has 0 spiro atoms. The smallest absolute Gasteiger partial charge is 0.416 e. The van der Waals surface area contributed by atoms with Gasteiger partial charge in [0.2, 0.25) is 5.89 Å². The van der Waals surface area contributed by atoms with E-state index in [9.17, 15) is 23.1 Å². The molecule has 5 nitrogen and oxygen atoms in total. The van der Waals surface area contributed by atoms with Crippen LogP contribution in [-0.4, -0.2) is 27.0 Å². The molecule has 2 aromatic rings. The van der Waals surface area contributed by atoms with Gasteiger partial charge in [0.1, 0.15) is 5.76 Å². The summed E-state index contributed by atoms with van der Waals surface area (Å²) in [5.74, 6) is 0.616. The van der Waals surface area contributed by atoms with Crippen LogP contribution in [0.4, 0.5) is 13.2 Å². The second-order valence-corrected chi connectivity index (χ2v) is 11.1. The standard InChI is InChI=1S/C27H30F3NO4S/c1-17-23(34-24(31-17)20-9-11-22(12-10-20)27(28,29)30)13-6-18-4-7-19-14-15-36(16-21(19)8-5-18)35-26(2,3)25(32)33/h9-12,14-16,18H,4-8,13H2,1-3H3,(H,32,33). The topological polar surface area (TPSA) is 72.6 Å². The number of aromatic nitrogens is 1. The molecule has 0 radical (unpaired) electrons. The number of fused-ring (bicyclic) bond motifs is 1. The van der Waals surface area contributed by atoms with E-state index in [4.69, 9.17) is 8.60 Å². The molecule has 2 heterocycles. The van der Waals surface area contributed by atoms with Gasteiger partial charge in [-0.3, -0.25) is 0 Å². The highest BCUT2D eigenvalue weighted by Gasteiger charge is 2.31. The SMILES string of the molecule is Cc1nc(-c2ccc(C(F)(F)F)cc2)oc1CCC1CCC2=CC=S(OC(C)(C)C(=O)O)C=C2CC1. The molecule has 1 aliphatic heterocycles. The molecule has 1 fully saturated rings. The normalized spacial score (nSPS) is 20.6. The summed E-state index contributed by atoms with van der Waals surface area (Å²) in [7, 11) is -0.661. The summed E-state index contributed by atoms with van der Waals surface area (Å²) < 4.78 is 50.2. The average Bonchev–Trinajstić information content (AvgIpc) is 3.06. The molecule has 4 rings (SSSR count). The first-order valence-electron chi connectivity index (χ1n) is 12.0. The van der Waals surface area contributed by atoms with Crippen molar-refractivity contribution in [2.24, 2.45) is 5.92 Å². The highest BCUT2D eigenvalue weighted by atomic mass is 32.2. The lowest BCUT2D eigenvalue weighted by Gasteiger charge is -2.23. The number of halogens is 3. The fourth-order valence-electron chi connectivity index (χ4n) is 4.38. The number of aliphatic carboxylic acids is 1. The van der Waals surface area contributed by atoms with Gasteiger partial charge in [0.05, 0.1) is 11.3 Å². The van der Waals surface area contributed by atoms with E-state index in [1.165, 1.54) is 23.3 Å². The van der Waals surface area contributed by atoms with Gasteiger partial charge in [-0.15, -0.1) is 0 Å². The van der Waals surface area contributed by atoms with Crippen molar-refractivity contribution in [3.63, 3.8) is 0 Å². The number of nitrogens with zero attached hydrogens (tertiary/aromatic N) is 1. The first-order chi connectivity index (χ1) is 16.9. The third-order valence-corrected chi connectivity index (χ3v) is 8.20. The van der Waals surface area contributed by atoms with Crippen LogP contribution in [0.25, 0.3) is 11.5 Å². The minimum atomic E-state index is -4.38. The lowest BCUT2D eigenvalue weighted by molar-refractivity contribution is -0.151. The maximum Gasteiger partial charge on any atom is 0.416 e. The zero-order valence-corrected chi connectivity index (χ0v) is 21.3. The molecule has 0 bridgehead atoms. The van der Waals surface area contributed by atoms with Gasteiger partial charge in [0.25, 0.3) is 0 Å². The summed E-state index contributed by atoms with van der Waals surface area (Å²) in [4.78, 5) is 15.8. The van der Waals surface area contributed by atoms with Crippen LogP contribution in [0, 0.1) is 12.8 Å². The maximum atomic E-state index is 12.8. The number of hydrogen-bond acceptors (Lipinski definition) is 4. The third-order valence-electron chi connectivity index (χ3n) is 6.67. The minimum Gasteiger partial charge on any atom is -0.479 e. The first kappa shape index (κ1) is 26.4. The molecular formula is C27H30F3NO4S. The van der Waals surface area contributed by atoms with Gasteiger partial charge in [-0.2, -0.15) is 13.2 Å². The number of benzene rings is 1. The Balaban J connectivity index is 1.36. The molecule has 0 amide bonds. The number of carbonyl (C=O) groups is 1. The predicted octanol–water partition coefficient (Wildman–Crippen LogP) is 7.48. The van der Waals surface area contributed by atoms with E-state index >= 15 is 0 Å². The zero-order chi connectivity index (χ0) is 26.1. The quantitative estimate of drug-likeness (QED) is 0.383. The van der Waals surface area contributed by atoms with Crippen molar-refractivity contribution in [2.75, 3.05) is 0 Å². The molecule has 1 saturated carbocycles. The monoisotopic (exact) mass is 521 g/mol. The first-order valence-corrected chi connectivity index (χ1v) is 13.2. The van der Waals surface area contributed by atoms with Crippen molar-refractivity contribution in [1.82, 2.24) is 4.98 Å². The summed E-state index contributed by atoms with van der Waals surface area (Å²) >= 11 is 0. The minimum absolute atomic E-state index is 0.338. The van der Waals surface area contributed by atoms with Gasteiger partial charge in [-0.05, 0) is 116 Å². The molecule has 1 aliphatic carbocycles. The van der Waals surface area contributed by atoms with Gasteiger partial charge >= 0.3 is 12.1 Å². The summed E-state index contributed by atoms with van der Waals surface area (Å²) in [6, 6.07) is 4.86. The largest absolute Gasteiger partial charge is 0.479 e. The number of allylic oxidation sites excluding steroid dienone is 3. The molecule has 2 atom stereocenters. The predicted molar refractivity (Wildman–Crippen MR) is 135 cm³/mol. The van der Waals surface area contributed by atoms with E-state index in [2.05, 4.69) is 16.5 Å². The second kappa shape index (κ2) is 10.4. The van der Waals surface area contributed by atoms with Crippen LogP contribution in [0.15, 0.2) is 51.3 Å². The van der Waals surface area contributed by atoms with E-state index in [-0.39, 0.29) is 0 Å². The van der Waals surface area contributed by atoms with E-state index in [0.717, 1.165) is 55.7 Å². The Labute approximate surface area is 211 Å². The summed E-state index contributed by atoms with van der Waals surface area (Å²) in [5.41, 5.74) is 1.87. The van der Waals surface area contributed by atoms with Crippen molar-refractivity contribution >= 4 is 22.1 Å². The highest BCUT2D eigenvalue weighted by molar-refractivity contribution is 8.13. The molecule has 1 aromatic heterocycles. The molecule has 2 aliphatic rings. The van der Waals surface area contributed by atoms with E-state index in [0.29, 0.717) is 23.8 Å².